The van der Waals surface area contributed by atoms with Crippen LogP contribution in [0.3, 0.4) is 0 Å². The van der Waals surface area contributed by atoms with Crippen LogP contribution in [-0.4, -0.2) is 11.1 Å². The predicted octanol–water partition coefficient (Wildman–Crippen LogP) is 4.63. The fourth-order valence-corrected chi connectivity index (χ4v) is 1.86. The molecule has 96 valence electrons. The third-order valence-electron chi connectivity index (χ3n) is 3.28. The first-order chi connectivity index (χ1) is 7.66. The van der Waals surface area contributed by atoms with Gasteiger partial charge in [0.15, 0.2) is 0 Å². The summed E-state index contributed by atoms with van der Waals surface area (Å²) < 4.78 is 0. The molecule has 2 heteroatoms. The van der Waals surface area contributed by atoms with Crippen molar-refractivity contribution in [2.45, 2.75) is 78.1 Å². The SMILES string of the molecule is CCC(C)CCCCCCCCCC(=O)O. The van der Waals surface area contributed by atoms with Crippen LogP contribution in [-0.2, 0) is 4.79 Å². The van der Waals surface area contributed by atoms with Gasteiger partial charge in [0.05, 0.1) is 0 Å². The van der Waals surface area contributed by atoms with Gasteiger partial charge in [-0.05, 0) is 12.3 Å². The lowest BCUT2D eigenvalue weighted by atomic mass is 10.00. The van der Waals surface area contributed by atoms with Gasteiger partial charge in [0.2, 0.25) is 0 Å². The lowest BCUT2D eigenvalue weighted by molar-refractivity contribution is -0.137. The second-order valence-corrected chi connectivity index (χ2v) is 4.92. The monoisotopic (exact) mass is 228 g/mol. The maximum atomic E-state index is 10.3. The Kier molecular flexibility index (Phi) is 10.6. The Bertz CT molecular complexity index is 166. The quantitative estimate of drug-likeness (QED) is 0.523. The molecule has 0 saturated carbocycles. The molecule has 0 radical (unpaired) electrons. The number of rotatable bonds is 11. The molecule has 0 bridgehead atoms. The smallest absolute Gasteiger partial charge is 0.303 e. The van der Waals surface area contributed by atoms with Crippen LogP contribution in [0.15, 0.2) is 0 Å². The molecule has 0 spiro atoms. The third kappa shape index (κ3) is 11.5. The molecule has 16 heavy (non-hydrogen) atoms. The fourth-order valence-electron chi connectivity index (χ4n) is 1.86. The van der Waals surface area contributed by atoms with Crippen molar-refractivity contribution in [3.05, 3.63) is 0 Å². The zero-order chi connectivity index (χ0) is 12.2. The maximum Gasteiger partial charge on any atom is 0.303 e. The summed E-state index contributed by atoms with van der Waals surface area (Å²) in [7, 11) is 0. The summed E-state index contributed by atoms with van der Waals surface area (Å²) in [6.07, 6.45) is 11.5. The first-order valence-corrected chi connectivity index (χ1v) is 6.88. The minimum atomic E-state index is -0.659. The third-order valence-corrected chi connectivity index (χ3v) is 3.28. The summed E-state index contributed by atoms with van der Waals surface area (Å²) in [5, 5.41) is 8.46. The van der Waals surface area contributed by atoms with Gasteiger partial charge in [-0.3, -0.25) is 4.79 Å². The highest BCUT2D eigenvalue weighted by molar-refractivity contribution is 5.66. The summed E-state index contributed by atoms with van der Waals surface area (Å²) in [5.74, 6) is 0.226. The van der Waals surface area contributed by atoms with E-state index in [0.717, 1.165) is 18.8 Å². The van der Waals surface area contributed by atoms with Gasteiger partial charge < -0.3 is 5.11 Å². The molecule has 1 unspecified atom stereocenters. The van der Waals surface area contributed by atoms with Crippen molar-refractivity contribution in [2.24, 2.45) is 5.92 Å². The average molecular weight is 228 g/mol. The van der Waals surface area contributed by atoms with Gasteiger partial charge in [0.1, 0.15) is 0 Å². The van der Waals surface area contributed by atoms with E-state index in [1.165, 1.54) is 44.9 Å². The highest BCUT2D eigenvalue weighted by atomic mass is 16.4. The Labute approximate surface area is 100 Å². The topological polar surface area (TPSA) is 37.3 Å². The van der Waals surface area contributed by atoms with Crippen LogP contribution in [0.1, 0.15) is 78.1 Å². The summed E-state index contributed by atoms with van der Waals surface area (Å²) in [5.41, 5.74) is 0. The van der Waals surface area contributed by atoms with E-state index in [9.17, 15) is 4.79 Å². The normalized spacial score (nSPS) is 12.6. The number of hydrogen-bond acceptors (Lipinski definition) is 1. The zero-order valence-corrected chi connectivity index (χ0v) is 11.0. The van der Waals surface area contributed by atoms with Gasteiger partial charge in [0.25, 0.3) is 0 Å². The van der Waals surface area contributed by atoms with Crippen molar-refractivity contribution in [1.82, 2.24) is 0 Å². The van der Waals surface area contributed by atoms with E-state index in [-0.39, 0.29) is 0 Å². The first kappa shape index (κ1) is 15.5. The molecule has 0 aliphatic rings. The molecule has 1 atom stereocenters. The lowest BCUT2D eigenvalue weighted by Gasteiger charge is -2.07. The largest absolute Gasteiger partial charge is 0.481 e. The van der Waals surface area contributed by atoms with E-state index < -0.39 is 5.97 Å². The van der Waals surface area contributed by atoms with Crippen molar-refractivity contribution in [3.8, 4) is 0 Å². The Morgan fingerprint density at radius 1 is 1.00 bits per heavy atom. The van der Waals surface area contributed by atoms with E-state index in [1.54, 1.807) is 0 Å². The van der Waals surface area contributed by atoms with Gasteiger partial charge in [-0.1, -0.05) is 65.2 Å². The van der Waals surface area contributed by atoms with Crippen molar-refractivity contribution >= 4 is 5.97 Å². The summed E-state index contributed by atoms with van der Waals surface area (Å²) in [4.78, 5) is 10.3. The first-order valence-electron chi connectivity index (χ1n) is 6.88. The van der Waals surface area contributed by atoms with Gasteiger partial charge >= 0.3 is 5.97 Å². The summed E-state index contributed by atoms with van der Waals surface area (Å²) in [6, 6.07) is 0. The van der Waals surface area contributed by atoms with E-state index >= 15 is 0 Å². The minimum Gasteiger partial charge on any atom is -0.481 e. The van der Waals surface area contributed by atoms with Crippen LogP contribution in [0.25, 0.3) is 0 Å². The van der Waals surface area contributed by atoms with Crippen LogP contribution in [0.2, 0.25) is 0 Å². The van der Waals surface area contributed by atoms with Gasteiger partial charge in [0, 0.05) is 6.42 Å². The molecule has 0 aliphatic heterocycles. The molecular formula is C14H28O2. The second kappa shape index (κ2) is 11.0. The number of aliphatic carboxylic acids is 1. The zero-order valence-electron chi connectivity index (χ0n) is 11.0. The molecule has 0 aromatic heterocycles. The molecule has 2 nitrogen and oxygen atoms in total. The van der Waals surface area contributed by atoms with Gasteiger partial charge in [-0.25, -0.2) is 0 Å². The second-order valence-electron chi connectivity index (χ2n) is 4.92. The standard InChI is InChI=1S/C14H28O2/c1-3-13(2)11-9-7-5-4-6-8-10-12-14(15)16/h13H,3-12H2,1-2H3,(H,15,16). The highest BCUT2D eigenvalue weighted by Gasteiger charge is 1.99. The van der Waals surface area contributed by atoms with Crippen LogP contribution in [0, 0.1) is 5.92 Å². The number of carboxylic acid groups (broad SMARTS) is 1. The fraction of sp³-hybridized carbons (Fsp3) is 0.929. The van der Waals surface area contributed by atoms with Crippen molar-refractivity contribution in [1.29, 1.82) is 0 Å². The molecule has 0 amide bonds. The Balaban J connectivity index is 3.01. The Hall–Kier alpha value is -0.530. The molecule has 0 aliphatic carbocycles. The Morgan fingerprint density at radius 2 is 1.50 bits per heavy atom. The van der Waals surface area contributed by atoms with Crippen LogP contribution < -0.4 is 0 Å². The Morgan fingerprint density at radius 3 is 2.00 bits per heavy atom. The van der Waals surface area contributed by atoms with Crippen molar-refractivity contribution < 1.29 is 9.90 Å². The minimum absolute atomic E-state index is 0.341. The average Bonchev–Trinajstić information content (AvgIpc) is 2.26. The van der Waals surface area contributed by atoms with E-state index in [0.29, 0.717) is 6.42 Å². The highest BCUT2D eigenvalue weighted by Crippen LogP contribution is 2.14. The van der Waals surface area contributed by atoms with Crippen LogP contribution >= 0.6 is 0 Å². The van der Waals surface area contributed by atoms with E-state index in [4.69, 9.17) is 5.11 Å². The van der Waals surface area contributed by atoms with Crippen LogP contribution in [0.5, 0.6) is 0 Å². The van der Waals surface area contributed by atoms with Crippen molar-refractivity contribution in [2.75, 3.05) is 0 Å². The van der Waals surface area contributed by atoms with E-state index in [2.05, 4.69) is 13.8 Å². The lowest BCUT2D eigenvalue weighted by Crippen LogP contribution is -1.93. The summed E-state index contributed by atoms with van der Waals surface area (Å²) in [6.45, 7) is 4.58. The summed E-state index contributed by atoms with van der Waals surface area (Å²) >= 11 is 0. The number of hydrogen-bond donors (Lipinski definition) is 1. The van der Waals surface area contributed by atoms with Gasteiger partial charge in [-0.2, -0.15) is 0 Å². The molecular weight excluding hydrogens is 200 g/mol. The molecule has 0 saturated heterocycles. The number of unbranched alkanes of at least 4 members (excludes halogenated alkanes) is 6. The number of carboxylic acids is 1. The van der Waals surface area contributed by atoms with Crippen molar-refractivity contribution in [3.63, 3.8) is 0 Å². The predicted molar refractivity (Wildman–Crippen MR) is 68.6 cm³/mol. The van der Waals surface area contributed by atoms with Crippen LogP contribution in [0.4, 0.5) is 0 Å². The number of carbonyl (C=O) groups is 1. The molecule has 0 rings (SSSR count). The maximum absolute atomic E-state index is 10.3. The van der Waals surface area contributed by atoms with Gasteiger partial charge in [-0.15, -0.1) is 0 Å². The molecule has 0 aromatic carbocycles. The molecule has 0 aromatic rings. The molecule has 0 fully saturated rings. The molecule has 1 N–H and O–H groups in total. The molecule has 0 heterocycles. The van der Waals surface area contributed by atoms with E-state index in [1.807, 2.05) is 0 Å².